The molecule has 2 heterocycles. The molecule has 0 saturated carbocycles. The van der Waals surface area contributed by atoms with Gasteiger partial charge in [-0.1, -0.05) is 0 Å². The van der Waals surface area contributed by atoms with Gasteiger partial charge in [-0.3, -0.25) is 4.68 Å². The van der Waals surface area contributed by atoms with Crippen LogP contribution in [0.3, 0.4) is 0 Å². The number of aliphatic hydroxyl groups is 1. The highest BCUT2D eigenvalue weighted by atomic mass is 16.5. The Bertz CT molecular complexity index is 365. The Hall–Kier alpha value is -0.870. The predicted molar refractivity (Wildman–Crippen MR) is 61.4 cm³/mol. The Balaban J connectivity index is 2.30. The molecule has 1 aliphatic rings. The molecule has 0 aromatic carbocycles. The molecule has 1 aromatic heterocycles. The van der Waals surface area contributed by atoms with E-state index in [-0.39, 0.29) is 0 Å². The number of aryl methyl sites for hydroxylation is 1. The van der Waals surface area contributed by atoms with Gasteiger partial charge >= 0.3 is 0 Å². The average molecular weight is 224 g/mol. The predicted octanol–water partition coefficient (Wildman–Crippen LogP) is 1.90. The van der Waals surface area contributed by atoms with Crippen molar-refractivity contribution in [1.29, 1.82) is 0 Å². The van der Waals surface area contributed by atoms with Crippen molar-refractivity contribution in [3.05, 3.63) is 17.0 Å². The molecule has 1 N–H and O–H groups in total. The van der Waals surface area contributed by atoms with E-state index in [1.807, 2.05) is 13.8 Å². The minimum atomic E-state index is -0.436. The first-order valence-electron chi connectivity index (χ1n) is 5.92. The fourth-order valence-corrected chi connectivity index (χ4v) is 2.57. The molecule has 90 valence electrons. The van der Waals surface area contributed by atoms with Gasteiger partial charge in [-0.05, 0) is 33.6 Å². The summed E-state index contributed by atoms with van der Waals surface area (Å²) in [7, 11) is 0. The van der Waals surface area contributed by atoms with Crippen molar-refractivity contribution >= 4 is 0 Å². The van der Waals surface area contributed by atoms with Crippen LogP contribution < -0.4 is 0 Å². The van der Waals surface area contributed by atoms with Crippen molar-refractivity contribution in [2.75, 3.05) is 13.2 Å². The molecule has 0 radical (unpaired) electrons. The Morgan fingerprint density at radius 3 is 2.50 bits per heavy atom. The molecule has 2 rings (SSSR count). The van der Waals surface area contributed by atoms with E-state index in [0.29, 0.717) is 6.04 Å². The summed E-state index contributed by atoms with van der Waals surface area (Å²) in [6.45, 7) is 7.42. The van der Waals surface area contributed by atoms with Gasteiger partial charge < -0.3 is 9.84 Å². The maximum atomic E-state index is 9.72. The number of hydrogen-bond acceptors (Lipinski definition) is 3. The van der Waals surface area contributed by atoms with E-state index in [1.54, 1.807) is 6.92 Å². The second-order valence-corrected chi connectivity index (χ2v) is 4.55. The van der Waals surface area contributed by atoms with Crippen molar-refractivity contribution in [2.45, 2.75) is 45.8 Å². The summed E-state index contributed by atoms with van der Waals surface area (Å²) in [5, 5.41) is 14.3. The molecule has 4 heteroatoms. The van der Waals surface area contributed by atoms with Crippen LogP contribution in [0.1, 0.15) is 48.9 Å². The molecule has 4 nitrogen and oxygen atoms in total. The van der Waals surface area contributed by atoms with Crippen LogP contribution >= 0.6 is 0 Å². The minimum absolute atomic E-state index is 0.431. The Labute approximate surface area is 96.2 Å². The van der Waals surface area contributed by atoms with E-state index in [9.17, 15) is 5.11 Å². The van der Waals surface area contributed by atoms with E-state index in [4.69, 9.17) is 4.74 Å². The van der Waals surface area contributed by atoms with Crippen LogP contribution in [-0.4, -0.2) is 28.1 Å². The smallest absolute Gasteiger partial charge is 0.0797 e. The molecule has 0 bridgehead atoms. The quantitative estimate of drug-likeness (QED) is 0.834. The van der Waals surface area contributed by atoms with Crippen molar-refractivity contribution in [3.63, 3.8) is 0 Å². The van der Waals surface area contributed by atoms with Crippen LogP contribution in [0.5, 0.6) is 0 Å². The molecule has 1 saturated heterocycles. The normalized spacial score (nSPS) is 20.0. The molecule has 0 spiro atoms. The Morgan fingerprint density at radius 1 is 1.38 bits per heavy atom. The highest BCUT2D eigenvalue weighted by Gasteiger charge is 2.22. The highest BCUT2D eigenvalue weighted by Crippen LogP contribution is 2.27. The molecule has 1 aliphatic heterocycles. The summed E-state index contributed by atoms with van der Waals surface area (Å²) in [5.74, 6) is 0. The van der Waals surface area contributed by atoms with Crippen molar-refractivity contribution in [3.8, 4) is 0 Å². The summed E-state index contributed by atoms with van der Waals surface area (Å²) in [6, 6.07) is 0.431. The second kappa shape index (κ2) is 4.55. The van der Waals surface area contributed by atoms with Crippen LogP contribution in [0.15, 0.2) is 0 Å². The SMILES string of the molecule is Cc1nn(C2CCOCC2)c(C)c1C(C)O. The molecule has 1 atom stereocenters. The lowest BCUT2D eigenvalue weighted by molar-refractivity contribution is 0.0655. The Morgan fingerprint density at radius 2 is 2.00 bits per heavy atom. The van der Waals surface area contributed by atoms with Gasteiger partial charge in [0.05, 0.1) is 17.8 Å². The van der Waals surface area contributed by atoms with Gasteiger partial charge in [-0.25, -0.2) is 0 Å². The first kappa shape index (κ1) is 11.6. The van der Waals surface area contributed by atoms with Crippen LogP contribution in [-0.2, 0) is 4.74 Å². The molecular weight excluding hydrogens is 204 g/mol. The molecule has 1 unspecified atom stereocenters. The number of nitrogens with zero attached hydrogens (tertiary/aromatic N) is 2. The lowest BCUT2D eigenvalue weighted by Gasteiger charge is -2.23. The topological polar surface area (TPSA) is 47.3 Å². The number of aromatic nitrogens is 2. The second-order valence-electron chi connectivity index (χ2n) is 4.55. The average Bonchev–Trinajstić information content (AvgIpc) is 2.55. The van der Waals surface area contributed by atoms with Crippen molar-refractivity contribution in [2.24, 2.45) is 0 Å². The van der Waals surface area contributed by atoms with E-state index in [2.05, 4.69) is 9.78 Å². The number of hydrogen-bond donors (Lipinski definition) is 1. The van der Waals surface area contributed by atoms with Crippen LogP contribution in [0.2, 0.25) is 0 Å². The first-order valence-corrected chi connectivity index (χ1v) is 5.92. The highest BCUT2D eigenvalue weighted by molar-refractivity contribution is 5.26. The lowest BCUT2D eigenvalue weighted by atomic mass is 10.1. The third-order valence-electron chi connectivity index (χ3n) is 3.34. The van der Waals surface area contributed by atoms with Gasteiger partial charge in [-0.15, -0.1) is 0 Å². The fraction of sp³-hybridized carbons (Fsp3) is 0.750. The zero-order valence-corrected chi connectivity index (χ0v) is 10.2. The van der Waals surface area contributed by atoms with Crippen molar-refractivity contribution < 1.29 is 9.84 Å². The first-order chi connectivity index (χ1) is 7.61. The summed E-state index contributed by atoms with van der Waals surface area (Å²) >= 11 is 0. The summed E-state index contributed by atoms with van der Waals surface area (Å²) in [5.41, 5.74) is 3.02. The number of ether oxygens (including phenoxy) is 1. The van der Waals surface area contributed by atoms with E-state index >= 15 is 0 Å². The third-order valence-corrected chi connectivity index (χ3v) is 3.34. The molecule has 1 aromatic rings. The van der Waals surface area contributed by atoms with Gasteiger partial charge in [0.1, 0.15) is 0 Å². The monoisotopic (exact) mass is 224 g/mol. The van der Waals surface area contributed by atoms with Gasteiger partial charge in [0.25, 0.3) is 0 Å². The summed E-state index contributed by atoms with van der Waals surface area (Å²) < 4.78 is 7.42. The van der Waals surface area contributed by atoms with Crippen LogP contribution in [0.25, 0.3) is 0 Å². The molecule has 0 aliphatic carbocycles. The standard InChI is InChI=1S/C12H20N2O2/c1-8-12(10(3)15)9(2)14(13-8)11-4-6-16-7-5-11/h10-11,15H,4-7H2,1-3H3. The van der Waals surface area contributed by atoms with Crippen molar-refractivity contribution in [1.82, 2.24) is 9.78 Å². The lowest BCUT2D eigenvalue weighted by Crippen LogP contribution is -2.21. The van der Waals surface area contributed by atoms with E-state index in [1.165, 1.54) is 0 Å². The molecule has 16 heavy (non-hydrogen) atoms. The number of rotatable bonds is 2. The van der Waals surface area contributed by atoms with Crippen LogP contribution in [0.4, 0.5) is 0 Å². The Kier molecular flexibility index (Phi) is 3.30. The van der Waals surface area contributed by atoms with Gasteiger partial charge in [0, 0.05) is 24.5 Å². The fourth-order valence-electron chi connectivity index (χ4n) is 2.57. The zero-order valence-electron chi connectivity index (χ0n) is 10.2. The van der Waals surface area contributed by atoms with Gasteiger partial charge in [0.2, 0.25) is 0 Å². The third kappa shape index (κ3) is 1.99. The minimum Gasteiger partial charge on any atom is -0.389 e. The van der Waals surface area contributed by atoms with E-state index < -0.39 is 6.10 Å². The molecule has 0 amide bonds. The molecule has 1 fully saturated rings. The maximum absolute atomic E-state index is 9.72. The van der Waals surface area contributed by atoms with Crippen LogP contribution in [0, 0.1) is 13.8 Å². The number of aliphatic hydroxyl groups excluding tert-OH is 1. The maximum Gasteiger partial charge on any atom is 0.0797 e. The van der Waals surface area contributed by atoms with E-state index in [0.717, 1.165) is 43.0 Å². The zero-order chi connectivity index (χ0) is 11.7. The van der Waals surface area contributed by atoms with Gasteiger partial charge in [-0.2, -0.15) is 5.10 Å². The van der Waals surface area contributed by atoms with Gasteiger partial charge in [0.15, 0.2) is 0 Å². The summed E-state index contributed by atoms with van der Waals surface area (Å²) in [4.78, 5) is 0. The summed E-state index contributed by atoms with van der Waals surface area (Å²) in [6.07, 6.45) is 1.59. The molecular formula is C12H20N2O2. The largest absolute Gasteiger partial charge is 0.389 e.